The number of fused-ring (bicyclic) bond motifs is 1. The van der Waals surface area contributed by atoms with E-state index in [1.165, 1.54) is 0 Å². The topological polar surface area (TPSA) is 76.4 Å². The van der Waals surface area contributed by atoms with E-state index >= 15 is 0 Å². The van der Waals surface area contributed by atoms with Crippen molar-refractivity contribution in [2.45, 2.75) is 57.7 Å². The fourth-order valence-electron chi connectivity index (χ4n) is 3.46. The van der Waals surface area contributed by atoms with Crippen LogP contribution in [-0.4, -0.2) is 46.2 Å². The highest BCUT2D eigenvalue weighted by atomic mass is 16.5. The van der Waals surface area contributed by atoms with Crippen molar-refractivity contribution in [3.05, 3.63) is 17.0 Å². The molecule has 21 heavy (non-hydrogen) atoms. The number of nitrogens with zero attached hydrogens (tertiary/aromatic N) is 2. The van der Waals surface area contributed by atoms with E-state index < -0.39 is 5.97 Å². The number of nitrogens with one attached hydrogen (secondary N) is 1. The zero-order chi connectivity index (χ0) is 14.8. The summed E-state index contributed by atoms with van der Waals surface area (Å²) in [6.07, 6.45) is 4.82. The summed E-state index contributed by atoms with van der Waals surface area (Å²) in [5.41, 5.74) is 2.28. The van der Waals surface area contributed by atoms with E-state index in [4.69, 9.17) is 4.74 Å². The summed E-state index contributed by atoms with van der Waals surface area (Å²) < 4.78 is 7.23. The van der Waals surface area contributed by atoms with Gasteiger partial charge in [0.15, 0.2) is 5.69 Å². The highest BCUT2D eigenvalue weighted by Crippen LogP contribution is 2.26. The van der Waals surface area contributed by atoms with Gasteiger partial charge in [0.05, 0.1) is 0 Å². The van der Waals surface area contributed by atoms with Crippen molar-refractivity contribution in [2.24, 2.45) is 0 Å². The van der Waals surface area contributed by atoms with Crippen molar-refractivity contribution in [1.82, 2.24) is 15.1 Å². The molecule has 0 aromatic carbocycles. The van der Waals surface area contributed by atoms with Gasteiger partial charge in [-0.3, -0.25) is 4.68 Å². The molecule has 3 rings (SSSR count). The lowest BCUT2D eigenvalue weighted by molar-refractivity contribution is 0.0687. The zero-order valence-corrected chi connectivity index (χ0v) is 12.5. The lowest BCUT2D eigenvalue weighted by atomic mass is 9.90. The van der Waals surface area contributed by atoms with Crippen LogP contribution in [0, 0.1) is 0 Å². The number of hydrogen-bond acceptors (Lipinski definition) is 4. The van der Waals surface area contributed by atoms with Crippen molar-refractivity contribution >= 4 is 5.97 Å². The van der Waals surface area contributed by atoms with Gasteiger partial charge in [-0.25, -0.2) is 4.79 Å². The summed E-state index contributed by atoms with van der Waals surface area (Å²) in [5.74, 6) is -0.912. The number of aryl methyl sites for hydroxylation is 1. The molecule has 1 aromatic rings. The van der Waals surface area contributed by atoms with Crippen LogP contribution in [-0.2, 0) is 24.1 Å². The first kappa shape index (κ1) is 14.5. The maximum atomic E-state index is 11.4. The summed E-state index contributed by atoms with van der Waals surface area (Å²) in [4.78, 5) is 11.4. The van der Waals surface area contributed by atoms with E-state index in [9.17, 15) is 9.90 Å². The molecule has 1 saturated heterocycles. The van der Waals surface area contributed by atoms with Gasteiger partial charge in [0, 0.05) is 43.1 Å². The predicted molar refractivity (Wildman–Crippen MR) is 77.7 cm³/mol. The average Bonchev–Trinajstić information content (AvgIpc) is 2.86. The van der Waals surface area contributed by atoms with E-state index in [-0.39, 0.29) is 5.69 Å². The summed E-state index contributed by atoms with van der Waals surface area (Å²) >= 11 is 0. The SMILES string of the molecule is CCn1nc(C(=O)O)c2c1CCC(NC1CCOCC1)C2. The Morgan fingerprint density at radius 3 is 2.81 bits per heavy atom. The second kappa shape index (κ2) is 6.15. The molecule has 2 N–H and O–H groups in total. The summed E-state index contributed by atoms with van der Waals surface area (Å²) in [6.45, 7) is 4.38. The normalized spacial score (nSPS) is 23.0. The molecule has 1 aromatic heterocycles. The van der Waals surface area contributed by atoms with Crippen molar-refractivity contribution < 1.29 is 14.6 Å². The third-order valence-corrected chi connectivity index (χ3v) is 4.54. The first-order chi connectivity index (χ1) is 10.2. The standard InChI is InChI=1S/C15H23N3O3/c1-2-18-13-4-3-11(16-10-5-7-21-8-6-10)9-12(13)14(17-18)15(19)20/h10-11,16H,2-9H2,1H3,(H,19,20). The maximum absolute atomic E-state index is 11.4. The van der Waals surface area contributed by atoms with Crippen LogP contribution in [0.5, 0.6) is 0 Å². The fraction of sp³-hybridized carbons (Fsp3) is 0.733. The maximum Gasteiger partial charge on any atom is 0.356 e. The van der Waals surface area contributed by atoms with Crippen LogP contribution in [0.3, 0.4) is 0 Å². The molecule has 6 nitrogen and oxygen atoms in total. The number of carboxylic acid groups (broad SMARTS) is 1. The molecule has 1 unspecified atom stereocenters. The molecule has 1 atom stereocenters. The van der Waals surface area contributed by atoms with Gasteiger partial charge in [0.25, 0.3) is 0 Å². The van der Waals surface area contributed by atoms with Crippen LogP contribution in [0.15, 0.2) is 0 Å². The van der Waals surface area contributed by atoms with Crippen LogP contribution in [0.4, 0.5) is 0 Å². The van der Waals surface area contributed by atoms with E-state index in [0.717, 1.165) is 63.1 Å². The first-order valence-corrected chi connectivity index (χ1v) is 7.84. The van der Waals surface area contributed by atoms with Gasteiger partial charge in [-0.1, -0.05) is 0 Å². The molecule has 0 amide bonds. The molecular weight excluding hydrogens is 270 g/mol. The Labute approximate surface area is 124 Å². The van der Waals surface area contributed by atoms with Crippen LogP contribution in [0.1, 0.15) is 47.9 Å². The lowest BCUT2D eigenvalue weighted by Crippen LogP contribution is -2.44. The van der Waals surface area contributed by atoms with Gasteiger partial charge in [-0.05, 0) is 39.0 Å². The summed E-state index contributed by atoms with van der Waals surface area (Å²) in [6, 6.07) is 0.855. The minimum Gasteiger partial charge on any atom is -0.476 e. The van der Waals surface area contributed by atoms with E-state index in [0.29, 0.717) is 12.1 Å². The molecular formula is C15H23N3O3. The number of carboxylic acids is 1. The molecule has 2 heterocycles. The number of aromatic carboxylic acids is 1. The molecule has 0 radical (unpaired) electrons. The zero-order valence-electron chi connectivity index (χ0n) is 12.5. The van der Waals surface area contributed by atoms with Crippen molar-refractivity contribution in [1.29, 1.82) is 0 Å². The summed E-state index contributed by atoms with van der Waals surface area (Å²) in [5, 5.41) is 17.3. The number of rotatable bonds is 4. The largest absolute Gasteiger partial charge is 0.476 e. The highest BCUT2D eigenvalue weighted by molar-refractivity contribution is 5.87. The third-order valence-electron chi connectivity index (χ3n) is 4.54. The Hall–Kier alpha value is -1.40. The second-order valence-corrected chi connectivity index (χ2v) is 5.89. The van der Waals surface area contributed by atoms with Crippen molar-refractivity contribution in [3.8, 4) is 0 Å². The smallest absolute Gasteiger partial charge is 0.356 e. The van der Waals surface area contributed by atoms with Crippen molar-refractivity contribution in [2.75, 3.05) is 13.2 Å². The van der Waals surface area contributed by atoms with Gasteiger partial charge in [-0.2, -0.15) is 5.10 Å². The molecule has 0 spiro atoms. The van der Waals surface area contributed by atoms with Gasteiger partial charge in [-0.15, -0.1) is 0 Å². The average molecular weight is 293 g/mol. The Morgan fingerprint density at radius 1 is 1.38 bits per heavy atom. The van der Waals surface area contributed by atoms with Gasteiger partial charge < -0.3 is 15.2 Å². The minimum atomic E-state index is -0.912. The molecule has 116 valence electrons. The first-order valence-electron chi connectivity index (χ1n) is 7.84. The van der Waals surface area contributed by atoms with Gasteiger partial charge in [0.1, 0.15) is 0 Å². The van der Waals surface area contributed by atoms with E-state index in [1.54, 1.807) is 0 Å². The highest BCUT2D eigenvalue weighted by Gasteiger charge is 2.29. The van der Waals surface area contributed by atoms with Gasteiger partial charge in [0.2, 0.25) is 0 Å². The lowest BCUT2D eigenvalue weighted by Gasteiger charge is -2.31. The van der Waals surface area contributed by atoms with Crippen LogP contribution >= 0.6 is 0 Å². The molecule has 1 aliphatic carbocycles. The van der Waals surface area contributed by atoms with Crippen molar-refractivity contribution in [3.63, 3.8) is 0 Å². The monoisotopic (exact) mass is 293 g/mol. The Morgan fingerprint density at radius 2 is 2.14 bits per heavy atom. The molecule has 1 aliphatic heterocycles. The minimum absolute atomic E-state index is 0.241. The Bertz CT molecular complexity index is 520. The molecule has 0 bridgehead atoms. The number of hydrogen-bond donors (Lipinski definition) is 2. The Kier molecular flexibility index (Phi) is 4.26. The van der Waals surface area contributed by atoms with Gasteiger partial charge >= 0.3 is 5.97 Å². The van der Waals surface area contributed by atoms with E-state index in [1.807, 2.05) is 11.6 Å². The quantitative estimate of drug-likeness (QED) is 0.873. The number of carbonyl (C=O) groups is 1. The predicted octanol–water partition coefficient (Wildman–Crippen LogP) is 1.23. The second-order valence-electron chi connectivity index (χ2n) is 5.89. The third kappa shape index (κ3) is 2.96. The number of ether oxygens (including phenoxy) is 1. The Balaban J connectivity index is 1.74. The molecule has 2 aliphatic rings. The van der Waals surface area contributed by atoms with Crippen LogP contribution < -0.4 is 5.32 Å². The molecule has 1 fully saturated rings. The molecule has 6 heteroatoms. The fourth-order valence-corrected chi connectivity index (χ4v) is 3.46. The summed E-state index contributed by atoms with van der Waals surface area (Å²) in [7, 11) is 0. The van der Waals surface area contributed by atoms with E-state index in [2.05, 4.69) is 10.4 Å². The van der Waals surface area contributed by atoms with Crippen LogP contribution in [0.2, 0.25) is 0 Å². The molecule has 0 saturated carbocycles. The van der Waals surface area contributed by atoms with Crippen LogP contribution in [0.25, 0.3) is 0 Å². The number of aromatic nitrogens is 2.